The number of nitrogens with one attached hydrogen (secondary N) is 1. The smallest absolute Gasteiger partial charge is 0.330 e. The molecule has 1 aromatic carbocycles. The van der Waals surface area contributed by atoms with Gasteiger partial charge in [-0.2, -0.15) is 0 Å². The lowest BCUT2D eigenvalue weighted by atomic mass is 10.0. The molecule has 0 aromatic heterocycles. The quantitative estimate of drug-likeness (QED) is 0.815. The van der Waals surface area contributed by atoms with E-state index in [-0.39, 0.29) is 5.97 Å². The van der Waals surface area contributed by atoms with Crippen LogP contribution in [0.5, 0.6) is 0 Å². The standard InChI is InChI=1S/C14H21NO2/c1-6-11-9-7-8-10(2)12(11)15-14(3,4)13(16)17-5/h7-9,15H,6H2,1-5H3. The molecule has 1 aromatic rings. The normalized spacial score (nSPS) is 11.1. The number of rotatable bonds is 4. The Morgan fingerprint density at radius 3 is 2.59 bits per heavy atom. The van der Waals surface area contributed by atoms with E-state index in [2.05, 4.69) is 18.3 Å². The van der Waals surface area contributed by atoms with E-state index >= 15 is 0 Å². The van der Waals surface area contributed by atoms with E-state index in [1.165, 1.54) is 12.7 Å². The highest BCUT2D eigenvalue weighted by Crippen LogP contribution is 2.25. The molecule has 0 saturated carbocycles. The number of esters is 1. The SMILES string of the molecule is CCc1cccc(C)c1NC(C)(C)C(=O)OC. The summed E-state index contributed by atoms with van der Waals surface area (Å²) in [6.45, 7) is 7.79. The molecular formula is C14H21NO2. The number of aryl methyl sites for hydroxylation is 2. The number of carbonyl (C=O) groups is 1. The minimum atomic E-state index is -0.717. The Morgan fingerprint density at radius 1 is 1.41 bits per heavy atom. The van der Waals surface area contributed by atoms with Crippen LogP contribution in [0.2, 0.25) is 0 Å². The highest BCUT2D eigenvalue weighted by Gasteiger charge is 2.29. The van der Waals surface area contributed by atoms with E-state index in [0.29, 0.717) is 0 Å². The Labute approximate surface area is 103 Å². The van der Waals surface area contributed by atoms with Crippen molar-refractivity contribution >= 4 is 11.7 Å². The van der Waals surface area contributed by atoms with Crippen molar-refractivity contribution in [3.63, 3.8) is 0 Å². The van der Waals surface area contributed by atoms with E-state index in [4.69, 9.17) is 4.74 Å². The first kappa shape index (κ1) is 13.6. The molecule has 0 spiro atoms. The summed E-state index contributed by atoms with van der Waals surface area (Å²) in [4.78, 5) is 11.7. The molecule has 1 N–H and O–H groups in total. The lowest BCUT2D eigenvalue weighted by Crippen LogP contribution is -2.41. The molecule has 0 aliphatic rings. The van der Waals surface area contributed by atoms with Gasteiger partial charge in [0, 0.05) is 5.69 Å². The highest BCUT2D eigenvalue weighted by molar-refractivity contribution is 5.84. The number of benzene rings is 1. The van der Waals surface area contributed by atoms with Crippen LogP contribution < -0.4 is 5.32 Å². The Balaban J connectivity index is 3.06. The van der Waals surface area contributed by atoms with Gasteiger partial charge in [-0.1, -0.05) is 25.1 Å². The van der Waals surface area contributed by atoms with Gasteiger partial charge in [0.1, 0.15) is 5.54 Å². The van der Waals surface area contributed by atoms with Crippen molar-refractivity contribution in [3.8, 4) is 0 Å². The summed E-state index contributed by atoms with van der Waals surface area (Å²) in [7, 11) is 1.41. The zero-order valence-electron chi connectivity index (χ0n) is 11.3. The number of methoxy groups -OCH3 is 1. The molecule has 0 aliphatic carbocycles. The number of anilines is 1. The van der Waals surface area contributed by atoms with Crippen LogP contribution in [0.4, 0.5) is 5.69 Å². The summed E-state index contributed by atoms with van der Waals surface area (Å²) in [5, 5.41) is 3.28. The zero-order valence-corrected chi connectivity index (χ0v) is 11.3. The summed E-state index contributed by atoms with van der Waals surface area (Å²) in [6.07, 6.45) is 0.932. The number of hydrogen-bond donors (Lipinski definition) is 1. The third kappa shape index (κ3) is 2.99. The third-order valence-corrected chi connectivity index (χ3v) is 2.87. The van der Waals surface area contributed by atoms with E-state index in [1.807, 2.05) is 32.9 Å². The Kier molecular flexibility index (Phi) is 4.16. The number of ether oxygens (including phenoxy) is 1. The van der Waals surface area contributed by atoms with Crippen LogP contribution in [-0.2, 0) is 16.0 Å². The fourth-order valence-electron chi connectivity index (χ4n) is 1.82. The van der Waals surface area contributed by atoms with Crippen LogP contribution in [0.25, 0.3) is 0 Å². The van der Waals surface area contributed by atoms with Gasteiger partial charge in [-0.05, 0) is 38.3 Å². The van der Waals surface area contributed by atoms with E-state index < -0.39 is 5.54 Å². The lowest BCUT2D eigenvalue weighted by molar-refractivity contribution is -0.144. The summed E-state index contributed by atoms with van der Waals surface area (Å²) < 4.78 is 4.80. The van der Waals surface area contributed by atoms with Crippen LogP contribution >= 0.6 is 0 Å². The van der Waals surface area contributed by atoms with Crippen molar-refractivity contribution in [1.82, 2.24) is 0 Å². The number of carbonyl (C=O) groups excluding carboxylic acids is 1. The Hall–Kier alpha value is -1.51. The van der Waals surface area contributed by atoms with E-state index in [0.717, 1.165) is 17.7 Å². The average molecular weight is 235 g/mol. The minimum absolute atomic E-state index is 0.261. The Morgan fingerprint density at radius 2 is 2.06 bits per heavy atom. The van der Waals surface area contributed by atoms with Gasteiger partial charge in [-0.25, -0.2) is 4.79 Å². The van der Waals surface area contributed by atoms with Crippen molar-refractivity contribution < 1.29 is 9.53 Å². The molecule has 0 fully saturated rings. The van der Waals surface area contributed by atoms with Gasteiger partial charge in [-0.15, -0.1) is 0 Å². The molecule has 3 nitrogen and oxygen atoms in total. The monoisotopic (exact) mass is 235 g/mol. The van der Waals surface area contributed by atoms with E-state index in [1.54, 1.807) is 0 Å². The van der Waals surface area contributed by atoms with Crippen LogP contribution in [-0.4, -0.2) is 18.6 Å². The maximum Gasteiger partial charge on any atom is 0.330 e. The van der Waals surface area contributed by atoms with E-state index in [9.17, 15) is 4.79 Å². The van der Waals surface area contributed by atoms with Gasteiger partial charge in [-0.3, -0.25) is 0 Å². The number of para-hydroxylation sites is 1. The van der Waals surface area contributed by atoms with Gasteiger partial charge >= 0.3 is 5.97 Å². The third-order valence-electron chi connectivity index (χ3n) is 2.87. The average Bonchev–Trinajstić information content (AvgIpc) is 2.30. The highest BCUT2D eigenvalue weighted by atomic mass is 16.5. The molecule has 0 unspecified atom stereocenters. The summed E-state index contributed by atoms with van der Waals surface area (Å²) in [5.41, 5.74) is 2.67. The second kappa shape index (κ2) is 5.21. The van der Waals surface area contributed by atoms with Gasteiger partial charge in [0.05, 0.1) is 7.11 Å². The molecule has 1 rings (SSSR count). The fraction of sp³-hybridized carbons (Fsp3) is 0.500. The van der Waals surface area contributed by atoms with Crippen molar-refractivity contribution in [1.29, 1.82) is 0 Å². The summed E-state index contributed by atoms with van der Waals surface area (Å²) in [6, 6.07) is 6.14. The first-order valence-electron chi connectivity index (χ1n) is 5.87. The molecule has 0 heterocycles. The topological polar surface area (TPSA) is 38.3 Å². The molecule has 94 valence electrons. The molecule has 0 bridgehead atoms. The summed E-state index contributed by atoms with van der Waals surface area (Å²) in [5.74, 6) is -0.261. The predicted octanol–water partition coefficient (Wildman–Crippen LogP) is 2.92. The van der Waals surface area contributed by atoms with Crippen LogP contribution in [0, 0.1) is 6.92 Å². The van der Waals surface area contributed by atoms with Crippen LogP contribution in [0.3, 0.4) is 0 Å². The van der Waals surface area contributed by atoms with Crippen LogP contribution in [0.15, 0.2) is 18.2 Å². The van der Waals surface area contributed by atoms with Gasteiger partial charge in [0.15, 0.2) is 0 Å². The minimum Gasteiger partial charge on any atom is -0.467 e. The molecule has 0 atom stereocenters. The van der Waals surface area contributed by atoms with Crippen molar-refractivity contribution in [2.24, 2.45) is 0 Å². The van der Waals surface area contributed by atoms with Gasteiger partial charge in [0.2, 0.25) is 0 Å². The largest absolute Gasteiger partial charge is 0.467 e. The Bertz CT molecular complexity index is 411. The lowest BCUT2D eigenvalue weighted by Gasteiger charge is -2.27. The fourth-order valence-corrected chi connectivity index (χ4v) is 1.82. The molecule has 0 aliphatic heterocycles. The summed E-state index contributed by atoms with van der Waals surface area (Å²) >= 11 is 0. The first-order chi connectivity index (χ1) is 7.92. The predicted molar refractivity (Wildman–Crippen MR) is 70.3 cm³/mol. The molecule has 0 radical (unpaired) electrons. The number of hydrogen-bond acceptors (Lipinski definition) is 3. The molecule has 17 heavy (non-hydrogen) atoms. The van der Waals surface area contributed by atoms with Gasteiger partial charge < -0.3 is 10.1 Å². The van der Waals surface area contributed by atoms with Crippen molar-refractivity contribution in [2.75, 3.05) is 12.4 Å². The zero-order chi connectivity index (χ0) is 13.1. The van der Waals surface area contributed by atoms with Crippen molar-refractivity contribution in [2.45, 2.75) is 39.7 Å². The first-order valence-corrected chi connectivity index (χ1v) is 5.87. The maximum absolute atomic E-state index is 11.7. The molecule has 0 saturated heterocycles. The van der Waals surface area contributed by atoms with Gasteiger partial charge in [0.25, 0.3) is 0 Å². The molecular weight excluding hydrogens is 214 g/mol. The van der Waals surface area contributed by atoms with Crippen LogP contribution in [0.1, 0.15) is 31.9 Å². The second-order valence-electron chi connectivity index (χ2n) is 4.70. The second-order valence-corrected chi connectivity index (χ2v) is 4.70. The van der Waals surface area contributed by atoms with Crippen molar-refractivity contribution in [3.05, 3.63) is 29.3 Å². The molecule has 3 heteroatoms. The molecule has 0 amide bonds. The maximum atomic E-state index is 11.7.